The lowest BCUT2D eigenvalue weighted by Gasteiger charge is -2.13. The van der Waals surface area contributed by atoms with Crippen LogP contribution in [0.15, 0.2) is 101 Å². The molecule has 0 bridgehead atoms. The zero-order valence-corrected chi connectivity index (χ0v) is 18.3. The quantitative estimate of drug-likeness (QED) is 0.286. The Bertz CT molecular complexity index is 1540. The number of fused-ring (bicyclic) bond motifs is 3. The Kier molecular flexibility index (Phi) is 4.77. The highest BCUT2D eigenvalue weighted by atomic mass is 35.5. The normalized spacial score (nSPS) is 11.8. The van der Waals surface area contributed by atoms with Crippen molar-refractivity contribution in [3.05, 3.63) is 102 Å². The van der Waals surface area contributed by atoms with Crippen LogP contribution in [0.25, 0.3) is 32.9 Å². The van der Waals surface area contributed by atoms with Crippen molar-refractivity contribution >= 4 is 43.1 Å². The van der Waals surface area contributed by atoms with E-state index in [1.807, 2.05) is 67.6 Å². The van der Waals surface area contributed by atoms with Gasteiger partial charge in [0.2, 0.25) is 9.84 Å². The summed E-state index contributed by atoms with van der Waals surface area (Å²) in [5, 5.41) is 3.14. The van der Waals surface area contributed by atoms with Gasteiger partial charge in [0.1, 0.15) is 0 Å². The SMILES string of the molecule is Cc1ccc(S(=O)(=O)c2cc(-c3ccc(Cl)cc3)nc3c2ccc2ccccc23)cc1. The molecule has 152 valence electrons. The summed E-state index contributed by atoms with van der Waals surface area (Å²) >= 11 is 6.05. The number of sulfone groups is 1. The van der Waals surface area contributed by atoms with E-state index in [2.05, 4.69) is 0 Å². The molecule has 0 fully saturated rings. The Hall–Kier alpha value is -3.21. The molecule has 0 radical (unpaired) electrons. The van der Waals surface area contributed by atoms with Gasteiger partial charge in [0.25, 0.3) is 0 Å². The Morgan fingerprint density at radius 1 is 0.774 bits per heavy atom. The highest BCUT2D eigenvalue weighted by Gasteiger charge is 2.23. The van der Waals surface area contributed by atoms with Crippen LogP contribution in [-0.2, 0) is 9.84 Å². The zero-order chi connectivity index (χ0) is 21.6. The first-order valence-electron chi connectivity index (χ1n) is 9.84. The molecule has 0 saturated carbocycles. The van der Waals surface area contributed by atoms with Gasteiger partial charge in [-0.1, -0.05) is 77.8 Å². The molecule has 31 heavy (non-hydrogen) atoms. The maximum atomic E-state index is 13.7. The van der Waals surface area contributed by atoms with Crippen LogP contribution in [0.3, 0.4) is 0 Å². The first-order valence-corrected chi connectivity index (χ1v) is 11.7. The van der Waals surface area contributed by atoms with Crippen LogP contribution < -0.4 is 0 Å². The number of pyridine rings is 1. The molecule has 0 N–H and O–H groups in total. The topological polar surface area (TPSA) is 47.0 Å². The molecule has 4 aromatic carbocycles. The molecule has 0 spiro atoms. The number of aromatic nitrogens is 1. The molecule has 0 aliphatic heterocycles. The summed E-state index contributed by atoms with van der Waals surface area (Å²) in [6.07, 6.45) is 0. The fraction of sp³-hybridized carbons (Fsp3) is 0.0385. The number of rotatable bonds is 3. The van der Waals surface area contributed by atoms with E-state index in [9.17, 15) is 8.42 Å². The number of benzene rings is 4. The van der Waals surface area contributed by atoms with Crippen LogP contribution in [0.4, 0.5) is 0 Å². The molecule has 0 amide bonds. The number of hydrogen-bond acceptors (Lipinski definition) is 3. The average molecular weight is 444 g/mol. The van der Waals surface area contributed by atoms with Gasteiger partial charge >= 0.3 is 0 Å². The van der Waals surface area contributed by atoms with Crippen molar-refractivity contribution in [3.63, 3.8) is 0 Å². The standard InChI is InChI=1S/C26H18ClNO2S/c1-17-6-13-21(14-7-17)31(29,30)25-16-24(19-8-11-20(27)12-9-19)28-26-22-5-3-2-4-18(22)10-15-23(25)26/h2-16H,1H3. The molecule has 5 aromatic rings. The van der Waals surface area contributed by atoms with Gasteiger partial charge < -0.3 is 0 Å². The van der Waals surface area contributed by atoms with Gasteiger partial charge in [-0.05, 0) is 42.6 Å². The highest BCUT2D eigenvalue weighted by molar-refractivity contribution is 7.91. The van der Waals surface area contributed by atoms with Crippen molar-refractivity contribution in [1.29, 1.82) is 0 Å². The summed E-state index contributed by atoms with van der Waals surface area (Å²) in [6, 6.07) is 27.5. The fourth-order valence-electron chi connectivity index (χ4n) is 3.76. The van der Waals surface area contributed by atoms with Crippen LogP contribution in [0.5, 0.6) is 0 Å². The summed E-state index contributed by atoms with van der Waals surface area (Å²) in [7, 11) is -3.76. The third kappa shape index (κ3) is 3.48. The fourth-order valence-corrected chi connectivity index (χ4v) is 5.36. The Morgan fingerprint density at radius 2 is 1.48 bits per heavy atom. The van der Waals surface area contributed by atoms with E-state index < -0.39 is 9.84 Å². The minimum atomic E-state index is -3.76. The van der Waals surface area contributed by atoms with Gasteiger partial charge in [-0.2, -0.15) is 0 Å². The number of halogens is 1. The second kappa shape index (κ2) is 7.49. The minimum Gasteiger partial charge on any atom is -0.247 e. The van der Waals surface area contributed by atoms with Crippen molar-refractivity contribution in [2.75, 3.05) is 0 Å². The van der Waals surface area contributed by atoms with Crippen molar-refractivity contribution in [2.24, 2.45) is 0 Å². The van der Waals surface area contributed by atoms with Crippen molar-refractivity contribution < 1.29 is 8.42 Å². The largest absolute Gasteiger partial charge is 0.247 e. The molecule has 1 aromatic heterocycles. The first kappa shape index (κ1) is 19.7. The van der Waals surface area contributed by atoms with Crippen LogP contribution in [0.2, 0.25) is 5.02 Å². The second-order valence-electron chi connectivity index (χ2n) is 7.51. The van der Waals surface area contributed by atoms with Gasteiger partial charge in [-0.15, -0.1) is 0 Å². The first-order chi connectivity index (χ1) is 14.9. The van der Waals surface area contributed by atoms with Gasteiger partial charge in [-0.3, -0.25) is 0 Å². The Labute approximate surface area is 185 Å². The molecule has 0 aliphatic carbocycles. The molecule has 0 saturated heterocycles. The predicted octanol–water partition coefficient (Wildman–Crippen LogP) is 6.85. The summed E-state index contributed by atoms with van der Waals surface area (Å²) in [4.78, 5) is 5.39. The smallest absolute Gasteiger partial charge is 0.207 e. The molecule has 5 rings (SSSR count). The zero-order valence-electron chi connectivity index (χ0n) is 16.7. The van der Waals surface area contributed by atoms with E-state index in [1.165, 1.54) is 0 Å². The predicted molar refractivity (Wildman–Crippen MR) is 126 cm³/mol. The monoisotopic (exact) mass is 443 g/mol. The van der Waals surface area contributed by atoms with Gasteiger partial charge in [-0.25, -0.2) is 13.4 Å². The Balaban J connectivity index is 1.87. The van der Waals surface area contributed by atoms with Crippen molar-refractivity contribution in [1.82, 2.24) is 4.98 Å². The van der Waals surface area contributed by atoms with E-state index in [4.69, 9.17) is 16.6 Å². The van der Waals surface area contributed by atoms with E-state index in [1.54, 1.807) is 30.3 Å². The maximum absolute atomic E-state index is 13.7. The van der Waals surface area contributed by atoms with E-state index in [0.29, 0.717) is 21.6 Å². The van der Waals surface area contributed by atoms with Crippen molar-refractivity contribution in [3.8, 4) is 11.3 Å². The molecule has 3 nitrogen and oxygen atoms in total. The summed E-state index contributed by atoms with van der Waals surface area (Å²) < 4.78 is 27.4. The number of nitrogens with zero attached hydrogens (tertiary/aromatic N) is 1. The summed E-state index contributed by atoms with van der Waals surface area (Å²) in [5.74, 6) is 0. The van der Waals surface area contributed by atoms with Crippen LogP contribution in [-0.4, -0.2) is 13.4 Å². The lowest BCUT2D eigenvalue weighted by Crippen LogP contribution is -2.04. The lowest BCUT2D eigenvalue weighted by molar-refractivity contribution is 0.597. The summed E-state index contributed by atoms with van der Waals surface area (Å²) in [6.45, 7) is 1.93. The molecule has 0 atom stereocenters. The van der Waals surface area contributed by atoms with Gasteiger partial charge in [0.15, 0.2) is 0 Å². The van der Waals surface area contributed by atoms with Crippen LogP contribution >= 0.6 is 11.6 Å². The molecular weight excluding hydrogens is 426 g/mol. The van der Waals surface area contributed by atoms with E-state index in [-0.39, 0.29) is 9.79 Å². The molecule has 1 heterocycles. The van der Waals surface area contributed by atoms with Crippen LogP contribution in [0.1, 0.15) is 5.56 Å². The summed E-state index contributed by atoms with van der Waals surface area (Å²) in [5.41, 5.74) is 3.06. The average Bonchev–Trinajstić information content (AvgIpc) is 2.79. The van der Waals surface area contributed by atoms with Gasteiger partial charge in [0, 0.05) is 21.4 Å². The van der Waals surface area contributed by atoms with Crippen LogP contribution in [0, 0.1) is 6.92 Å². The van der Waals surface area contributed by atoms with E-state index >= 15 is 0 Å². The minimum absolute atomic E-state index is 0.247. The second-order valence-corrected chi connectivity index (χ2v) is 9.87. The van der Waals surface area contributed by atoms with Gasteiger partial charge in [0.05, 0.1) is 21.0 Å². The number of aryl methyl sites for hydroxylation is 1. The maximum Gasteiger partial charge on any atom is 0.207 e. The third-order valence-electron chi connectivity index (χ3n) is 5.43. The molecule has 5 heteroatoms. The number of hydrogen-bond donors (Lipinski definition) is 0. The molecule has 0 aliphatic rings. The third-order valence-corrected chi connectivity index (χ3v) is 7.49. The molecular formula is C26H18ClNO2S. The lowest BCUT2D eigenvalue weighted by atomic mass is 10.0. The highest BCUT2D eigenvalue weighted by Crippen LogP contribution is 2.35. The Morgan fingerprint density at radius 3 is 2.23 bits per heavy atom. The molecule has 0 unspecified atom stereocenters. The van der Waals surface area contributed by atoms with Crippen molar-refractivity contribution in [2.45, 2.75) is 16.7 Å². The van der Waals surface area contributed by atoms with E-state index in [0.717, 1.165) is 21.9 Å².